The van der Waals surface area contributed by atoms with Crippen LogP contribution in [0, 0.1) is 0 Å². The number of benzene rings is 1. The van der Waals surface area contributed by atoms with Crippen molar-refractivity contribution >= 4 is 22.4 Å². The Morgan fingerprint density at radius 1 is 1.12 bits per heavy atom. The first-order valence-corrected chi connectivity index (χ1v) is 10.2. The highest BCUT2D eigenvalue weighted by Crippen LogP contribution is 2.28. The molecule has 1 atom stereocenters. The number of piperidine rings is 1. The van der Waals surface area contributed by atoms with Crippen molar-refractivity contribution in [3.05, 3.63) is 30.3 Å². The lowest BCUT2D eigenvalue weighted by molar-refractivity contribution is -0.124. The van der Waals surface area contributed by atoms with E-state index in [1.54, 1.807) is 0 Å². The van der Waals surface area contributed by atoms with Crippen molar-refractivity contribution in [2.24, 2.45) is 0 Å². The molecule has 0 spiro atoms. The van der Waals surface area contributed by atoms with Gasteiger partial charge in [0, 0.05) is 24.8 Å². The van der Waals surface area contributed by atoms with Crippen molar-refractivity contribution < 1.29 is 9.53 Å². The van der Waals surface area contributed by atoms with E-state index >= 15 is 0 Å². The fraction of sp³-hybridized carbons (Fsp3) is 0.526. The number of ether oxygens (including phenoxy) is 1. The van der Waals surface area contributed by atoms with Crippen LogP contribution in [0.3, 0.4) is 0 Å². The number of carbonyl (C=O) groups excluding carboxylic acids is 1. The summed E-state index contributed by atoms with van der Waals surface area (Å²) in [6, 6.07) is 10.3. The number of anilines is 1. The second-order valence-corrected chi connectivity index (χ2v) is 7.84. The van der Waals surface area contributed by atoms with Crippen LogP contribution < -0.4 is 5.32 Å². The Balaban J connectivity index is 1.44. The maximum absolute atomic E-state index is 12.9. The van der Waals surface area contributed by atoms with Crippen LogP contribution in [0.25, 0.3) is 10.6 Å². The number of amides is 1. The summed E-state index contributed by atoms with van der Waals surface area (Å²) in [7, 11) is 0. The van der Waals surface area contributed by atoms with Crippen molar-refractivity contribution in [3.63, 3.8) is 0 Å². The summed E-state index contributed by atoms with van der Waals surface area (Å²) in [5.74, 6) is 0.0481. The summed E-state index contributed by atoms with van der Waals surface area (Å²) in [6.45, 7) is 2.59. The fourth-order valence-corrected chi connectivity index (χ4v) is 4.60. The van der Waals surface area contributed by atoms with Crippen molar-refractivity contribution in [2.45, 2.75) is 44.2 Å². The Kier molecular flexibility index (Phi) is 5.57. The second kappa shape index (κ2) is 8.24. The number of hydrogen-bond donors (Lipinski definition) is 1. The Hall–Kier alpha value is -1.83. The SMILES string of the molecule is O=C(Nc1nnc(-c2ccccc2)s1)[C@@H]1CCCCN1C1CCOCC1. The van der Waals surface area contributed by atoms with E-state index < -0.39 is 0 Å². The summed E-state index contributed by atoms with van der Waals surface area (Å²) in [4.78, 5) is 15.3. The molecule has 0 aliphatic carbocycles. The lowest BCUT2D eigenvalue weighted by atomic mass is 9.96. The summed E-state index contributed by atoms with van der Waals surface area (Å²) in [6.07, 6.45) is 5.20. The van der Waals surface area contributed by atoms with Gasteiger partial charge >= 0.3 is 0 Å². The quantitative estimate of drug-likeness (QED) is 0.893. The van der Waals surface area contributed by atoms with E-state index in [0.29, 0.717) is 11.2 Å². The van der Waals surface area contributed by atoms with Gasteiger partial charge in [-0.3, -0.25) is 15.0 Å². The number of rotatable bonds is 4. The van der Waals surface area contributed by atoms with Crippen molar-refractivity contribution in [2.75, 3.05) is 25.1 Å². The number of likely N-dealkylation sites (tertiary alicyclic amines) is 1. The molecule has 2 aliphatic rings. The molecule has 1 N–H and O–H groups in total. The molecule has 138 valence electrons. The first-order chi connectivity index (χ1) is 12.8. The molecule has 0 bridgehead atoms. The zero-order chi connectivity index (χ0) is 17.8. The third kappa shape index (κ3) is 3.95. The minimum atomic E-state index is -0.0732. The smallest absolute Gasteiger partial charge is 0.243 e. The van der Waals surface area contributed by atoms with Crippen LogP contribution in [-0.2, 0) is 9.53 Å². The Bertz CT molecular complexity index is 730. The first kappa shape index (κ1) is 17.6. The number of carbonyl (C=O) groups is 1. The van der Waals surface area contributed by atoms with Gasteiger partial charge in [-0.1, -0.05) is 48.1 Å². The van der Waals surface area contributed by atoms with E-state index in [0.717, 1.165) is 62.4 Å². The standard InChI is InChI=1S/C19H24N4O2S/c24-17(16-8-4-5-11-23(16)15-9-12-25-13-10-15)20-19-22-21-18(26-19)14-6-2-1-3-7-14/h1-3,6-7,15-16H,4-5,8-13H2,(H,20,22,24)/t16-/m0/s1. The molecular weight excluding hydrogens is 348 g/mol. The van der Waals surface area contributed by atoms with Gasteiger partial charge in [0.25, 0.3) is 0 Å². The van der Waals surface area contributed by atoms with Crippen LogP contribution in [0.4, 0.5) is 5.13 Å². The maximum Gasteiger partial charge on any atom is 0.243 e. The summed E-state index contributed by atoms with van der Waals surface area (Å²) in [5.41, 5.74) is 1.02. The van der Waals surface area contributed by atoms with E-state index in [9.17, 15) is 4.79 Å². The maximum atomic E-state index is 12.9. The molecular formula is C19H24N4O2S. The molecule has 6 nitrogen and oxygen atoms in total. The first-order valence-electron chi connectivity index (χ1n) is 9.34. The monoisotopic (exact) mass is 372 g/mol. The highest BCUT2D eigenvalue weighted by molar-refractivity contribution is 7.18. The Morgan fingerprint density at radius 2 is 1.92 bits per heavy atom. The lowest BCUT2D eigenvalue weighted by Crippen LogP contribution is -2.53. The second-order valence-electron chi connectivity index (χ2n) is 6.86. The molecule has 2 aliphatic heterocycles. The van der Waals surface area contributed by atoms with E-state index in [1.807, 2.05) is 30.3 Å². The highest BCUT2D eigenvalue weighted by atomic mass is 32.1. The molecule has 1 amide bonds. The third-order valence-corrected chi connectivity index (χ3v) is 6.07. The Labute approximate surface area is 157 Å². The van der Waals surface area contributed by atoms with E-state index in [1.165, 1.54) is 11.3 Å². The third-order valence-electron chi connectivity index (χ3n) is 5.18. The number of aromatic nitrogens is 2. The van der Waals surface area contributed by atoms with Gasteiger partial charge in [-0.2, -0.15) is 0 Å². The molecule has 0 unspecified atom stereocenters. The van der Waals surface area contributed by atoms with Crippen molar-refractivity contribution in [1.82, 2.24) is 15.1 Å². The average Bonchev–Trinajstić information content (AvgIpc) is 3.18. The molecule has 2 aromatic rings. The van der Waals surface area contributed by atoms with Gasteiger partial charge in [0.15, 0.2) is 0 Å². The topological polar surface area (TPSA) is 67.4 Å². The van der Waals surface area contributed by atoms with Crippen LogP contribution in [0.1, 0.15) is 32.1 Å². The fourth-order valence-electron chi connectivity index (χ4n) is 3.85. The predicted octanol–water partition coefficient (Wildman–Crippen LogP) is 3.18. The molecule has 0 saturated carbocycles. The van der Waals surface area contributed by atoms with Crippen LogP contribution in [0.5, 0.6) is 0 Å². The van der Waals surface area contributed by atoms with Crippen LogP contribution in [0.2, 0.25) is 0 Å². The van der Waals surface area contributed by atoms with Crippen LogP contribution in [0.15, 0.2) is 30.3 Å². The predicted molar refractivity (Wildman–Crippen MR) is 102 cm³/mol. The van der Waals surface area contributed by atoms with Gasteiger partial charge in [-0.25, -0.2) is 0 Å². The summed E-state index contributed by atoms with van der Waals surface area (Å²) < 4.78 is 5.48. The molecule has 3 heterocycles. The molecule has 2 saturated heterocycles. The van der Waals surface area contributed by atoms with Gasteiger partial charge in [0.2, 0.25) is 11.0 Å². The molecule has 7 heteroatoms. The van der Waals surface area contributed by atoms with E-state index in [4.69, 9.17) is 4.74 Å². The molecule has 26 heavy (non-hydrogen) atoms. The lowest BCUT2D eigenvalue weighted by Gasteiger charge is -2.41. The number of nitrogens with one attached hydrogen (secondary N) is 1. The number of hydrogen-bond acceptors (Lipinski definition) is 6. The summed E-state index contributed by atoms with van der Waals surface area (Å²) >= 11 is 1.42. The molecule has 4 rings (SSSR count). The van der Waals surface area contributed by atoms with Gasteiger partial charge < -0.3 is 4.74 Å². The summed E-state index contributed by atoms with van der Waals surface area (Å²) in [5, 5.41) is 12.8. The zero-order valence-corrected chi connectivity index (χ0v) is 15.6. The largest absolute Gasteiger partial charge is 0.381 e. The minimum Gasteiger partial charge on any atom is -0.381 e. The van der Waals surface area contributed by atoms with Crippen molar-refractivity contribution in [3.8, 4) is 10.6 Å². The van der Waals surface area contributed by atoms with Gasteiger partial charge in [-0.15, -0.1) is 10.2 Å². The Morgan fingerprint density at radius 3 is 2.73 bits per heavy atom. The number of nitrogens with zero attached hydrogens (tertiary/aromatic N) is 3. The molecule has 1 aromatic heterocycles. The molecule has 2 fully saturated rings. The zero-order valence-electron chi connectivity index (χ0n) is 14.8. The van der Waals surface area contributed by atoms with E-state index in [2.05, 4.69) is 20.4 Å². The van der Waals surface area contributed by atoms with Crippen LogP contribution in [-0.4, -0.2) is 52.8 Å². The van der Waals surface area contributed by atoms with Crippen LogP contribution >= 0.6 is 11.3 Å². The van der Waals surface area contributed by atoms with E-state index in [-0.39, 0.29) is 11.9 Å². The van der Waals surface area contributed by atoms with Crippen molar-refractivity contribution in [1.29, 1.82) is 0 Å². The van der Waals surface area contributed by atoms with Gasteiger partial charge in [0.05, 0.1) is 6.04 Å². The minimum absolute atomic E-state index is 0.0481. The normalized spacial score (nSPS) is 22.2. The van der Waals surface area contributed by atoms with Gasteiger partial charge in [0.1, 0.15) is 5.01 Å². The average molecular weight is 372 g/mol. The molecule has 0 radical (unpaired) electrons. The molecule has 1 aromatic carbocycles. The van der Waals surface area contributed by atoms with Gasteiger partial charge in [-0.05, 0) is 32.2 Å². The highest BCUT2D eigenvalue weighted by Gasteiger charge is 2.34.